The van der Waals surface area contributed by atoms with Crippen LogP contribution in [0.25, 0.3) is 0 Å². The lowest BCUT2D eigenvalue weighted by molar-refractivity contribution is -0.123. The van der Waals surface area contributed by atoms with Crippen LogP contribution < -0.4 is 9.62 Å². The van der Waals surface area contributed by atoms with Crippen molar-refractivity contribution < 1.29 is 13.2 Å². The Balaban J connectivity index is 2.90. The molecule has 0 radical (unpaired) electrons. The second kappa shape index (κ2) is 7.26. The molecule has 0 aliphatic rings. The van der Waals surface area contributed by atoms with Crippen LogP contribution in [-0.4, -0.2) is 33.7 Å². The fourth-order valence-corrected chi connectivity index (χ4v) is 3.31. The van der Waals surface area contributed by atoms with Crippen molar-refractivity contribution in [3.8, 4) is 0 Å². The number of rotatable bonds is 6. The van der Waals surface area contributed by atoms with Gasteiger partial charge in [0.2, 0.25) is 15.9 Å². The number of anilines is 1. The Morgan fingerprint density at radius 3 is 2.48 bits per heavy atom. The van der Waals surface area contributed by atoms with Gasteiger partial charge >= 0.3 is 0 Å². The van der Waals surface area contributed by atoms with Gasteiger partial charge in [-0.15, -0.1) is 0 Å². The van der Waals surface area contributed by atoms with Gasteiger partial charge in [0.1, 0.15) is 0 Å². The molecule has 0 aliphatic carbocycles. The second-order valence-electron chi connectivity index (χ2n) is 5.21. The third kappa shape index (κ3) is 5.32. The number of carbonyl (C=O) groups excluding carboxylic acids is 1. The van der Waals surface area contributed by atoms with Crippen LogP contribution in [0.1, 0.15) is 19.4 Å². The van der Waals surface area contributed by atoms with Gasteiger partial charge in [-0.3, -0.25) is 9.10 Å². The van der Waals surface area contributed by atoms with E-state index in [-0.39, 0.29) is 24.9 Å². The van der Waals surface area contributed by atoms with Crippen molar-refractivity contribution in [3.63, 3.8) is 0 Å². The SMILES string of the molecule is Cc1cc(Br)ccc1N(CCNC(=O)C(C)C)S(C)(=O)=O. The van der Waals surface area contributed by atoms with Crippen LogP contribution in [0.3, 0.4) is 0 Å². The predicted molar refractivity (Wildman–Crippen MR) is 88.9 cm³/mol. The summed E-state index contributed by atoms with van der Waals surface area (Å²) in [5.41, 5.74) is 1.48. The summed E-state index contributed by atoms with van der Waals surface area (Å²) in [6, 6.07) is 5.41. The quantitative estimate of drug-likeness (QED) is 0.827. The van der Waals surface area contributed by atoms with Crippen LogP contribution in [0.4, 0.5) is 5.69 Å². The molecule has 5 nitrogen and oxygen atoms in total. The van der Waals surface area contributed by atoms with Crippen LogP contribution in [0.5, 0.6) is 0 Å². The molecule has 0 heterocycles. The molecule has 0 spiro atoms. The van der Waals surface area contributed by atoms with Crippen molar-refractivity contribution >= 4 is 37.5 Å². The van der Waals surface area contributed by atoms with E-state index in [1.54, 1.807) is 26.0 Å². The number of hydrogen-bond acceptors (Lipinski definition) is 3. The van der Waals surface area contributed by atoms with Gasteiger partial charge in [-0.2, -0.15) is 0 Å². The Kier molecular flexibility index (Phi) is 6.22. The summed E-state index contributed by atoms with van der Waals surface area (Å²) >= 11 is 3.36. The van der Waals surface area contributed by atoms with E-state index in [4.69, 9.17) is 0 Å². The van der Waals surface area contributed by atoms with Gasteiger partial charge in [0.05, 0.1) is 18.5 Å². The molecule has 0 bridgehead atoms. The average Bonchev–Trinajstić information content (AvgIpc) is 2.34. The fourth-order valence-electron chi connectivity index (χ4n) is 1.85. The van der Waals surface area contributed by atoms with Gasteiger partial charge in [-0.1, -0.05) is 29.8 Å². The molecule has 0 atom stereocenters. The summed E-state index contributed by atoms with van der Waals surface area (Å²) in [6.45, 7) is 5.93. The Hall–Kier alpha value is -1.08. The van der Waals surface area contributed by atoms with Gasteiger partial charge in [0.25, 0.3) is 0 Å². The predicted octanol–water partition coefficient (Wildman–Crippen LogP) is 2.30. The van der Waals surface area contributed by atoms with E-state index in [0.29, 0.717) is 5.69 Å². The molecule has 1 N–H and O–H groups in total. The molecule has 0 unspecified atom stereocenters. The van der Waals surface area contributed by atoms with Crippen molar-refractivity contribution in [1.82, 2.24) is 5.32 Å². The molecule has 0 saturated carbocycles. The Bertz CT molecular complexity index is 615. The van der Waals surface area contributed by atoms with Gasteiger partial charge in [-0.05, 0) is 30.7 Å². The number of nitrogens with one attached hydrogen (secondary N) is 1. The van der Waals surface area contributed by atoms with Crippen molar-refractivity contribution in [2.75, 3.05) is 23.7 Å². The van der Waals surface area contributed by atoms with E-state index in [1.165, 1.54) is 10.6 Å². The summed E-state index contributed by atoms with van der Waals surface area (Å²) in [4.78, 5) is 11.5. The molecule has 21 heavy (non-hydrogen) atoms. The number of carbonyl (C=O) groups is 1. The molecule has 118 valence electrons. The molecular weight excluding hydrogens is 356 g/mol. The van der Waals surface area contributed by atoms with Crippen LogP contribution >= 0.6 is 15.9 Å². The van der Waals surface area contributed by atoms with E-state index in [2.05, 4.69) is 21.2 Å². The zero-order chi connectivity index (χ0) is 16.2. The Morgan fingerprint density at radius 1 is 1.38 bits per heavy atom. The van der Waals surface area contributed by atoms with E-state index in [1.807, 2.05) is 13.0 Å². The Labute approximate surface area is 134 Å². The standard InChI is InChI=1S/C14H21BrN2O3S/c1-10(2)14(18)16-7-8-17(21(4,19)20)13-6-5-12(15)9-11(13)3/h5-6,9-10H,7-8H2,1-4H3,(H,16,18). The number of amides is 1. The molecule has 1 aromatic carbocycles. The normalized spacial score (nSPS) is 11.5. The van der Waals surface area contributed by atoms with Crippen molar-refractivity contribution in [1.29, 1.82) is 0 Å². The topological polar surface area (TPSA) is 66.5 Å². The number of hydrogen-bond donors (Lipinski definition) is 1. The first-order valence-electron chi connectivity index (χ1n) is 6.64. The number of aryl methyl sites for hydroxylation is 1. The Morgan fingerprint density at radius 2 is 2.00 bits per heavy atom. The highest BCUT2D eigenvalue weighted by molar-refractivity contribution is 9.10. The molecule has 0 aliphatic heterocycles. The molecule has 1 amide bonds. The lowest BCUT2D eigenvalue weighted by Gasteiger charge is -2.24. The molecule has 0 fully saturated rings. The summed E-state index contributed by atoms with van der Waals surface area (Å²) < 4.78 is 26.2. The number of halogens is 1. The maximum Gasteiger partial charge on any atom is 0.232 e. The van der Waals surface area contributed by atoms with E-state index < -0.39 is 10.0 Å². The van der Waals surface area contributed by atoms with Gasteiger partial charge in [0, 0.05) is 16.9 Å². The maximum atomic E-state index is 12.0. The van der Waals surface area contributed by atoms with Crippen molar-refractivity contribution in [3.05, 3.63) is 28.2 Å². The zero-order valence-corrected chi connectivity index (χ0v) is 15.1. The van der Waals surface area contributed by atoms with Crippen molar-refractivity contribution in [2.45, 2.75) is 20.8 Å². The monoisotopic (exact) mass is 376 g/mol. The number of benzene rings is 1. The highest BCUT2D eigenvalue weighted by atomic mass is 79.9. The minimum atomic E-state index is -3.40. The van der Waals surface area contributed by atoms with Gasteiger partial charge in [-0.25, -0.2) is 8.42 Å². The lowest BCUT2D eigenvalue weighted by Crippen LogP contribution is -2.39. The fraction of sp³-hybridized carbons (Fsp3) is 0.500. The molecule has 0 aromatic heterocycles. The maximum absolute atomic E-state index is 12.0. The smallest absolute Gasteiger partial charge is 0.232 e. The summed E-state index contributed by atoms with van der Waals surface area (Å²) in [5.74, 6) is -0.206. The third-order valence-electron chi connectivity index (χ3n) is 2.97. The highest BCUT2D eigenvalue weighted by Crippen LogP contribution is 2.25. The minimum Gasteiger partial charge on any atom is -0.354 e. The molecule has 1 aromatic rings. The summed E-state index contributed by atoms with van der Waals surface area (Å²) in [6.07, 6.45) is 1.17. The lowest BCUT2D eigenvalue weighted by atomic mass is 10.2. The van der Waals surface area contributed by atoms with E-state index >= 15 is 0 Å². The minimum absolute atomic E-state index is 0.0871. The van der Waals surface area contributed by atoms with Crippen molar-refractivity contribution in [2.24, 2.45) is 5.92 Å². The number of sulfonamides is 1. The van der Waals surface area contributed by atoms with Crippen LogP contribution in [0.2, 0.25) is 0 Å². The van der Waals surface area contributed by atoms with Gasteiger partial charge in [0.15, 0.2) is 0 Å². The summed E-state index contributed by atoms with van der Waals surface area (Å²) in [7, 11) is -3.40. The molecular formula is C14H21BrN2O3S. The van der Waals surface area contributed by atoms with Crippen LogP contribution in [0, 0.1) is 12.8 Å². The first-order chi connectivity index (χ1) is 9.62. The highest BCUT2D eigenvalue weighted by Gasteiger charge is 2.19. The average molecular weight is 377 g/mol. The largest absolute Gasteiger partial charge is 0.354 e. The van der Waals surface area contributed by atoms with E-state index in [9.17, 15) is 13.2 Å². The molecule has 0 saturated heterocycles. The molecule has 1 rings (SSSR count). The molecule has 7 heteroatoms. The first-order valence-corrected chi connectivity index (χ1v) is 9.28. The first kappa shape index (κ1) is 18.0. The third-order valence-corrected chi connectivity index (χ3v) is 4.64. The second-order valence-corrected chi connectivity index (χ2v) is 8.03. The van der Waals surface area contributed by atoms with E-state index in [0.717, 1.165) is 10.0 Å². The van der Waals surface area contributed by atoms with Crippen LogP contribution in [-0.2, 0) is 14.8 Å². The summed E-state index contributed by atoms with van der Waals surface area (Å²) in [5, 5.41) is 2.73. The van der Waals surface area contributed by atoms with Crippen LogP contribution in [0.15, 0.2) is 22.7 Å². The zero-order valence-electron chi connectivity index (χ0n) is 12.7. The van der Waals surface area contributed by atoms with Gasteiger partial charge < -0.3 is 5.32 Å². The number of nitrogens with zero attached hydrogens (tertiary/aromatic N) is 1.